The van der Waals surface area contributed by atoms with Gasteiger partial charge in [0.15, 0.2) is 0 Å². The Morgan fingerprint density at radius 2 is 1.97 bits per heavy atom. The van der Waals surface area contributed by atoms with Crippen molar-refractivity contribution < 1.29 is 18.7 Å². The summed E-state index contributed by atoms with van der Waals surface area (Å²) in [5.41, 5.74) is -0.155. The molecule has 1 unspecified atom stereocenters. The maximum absolute atomic E-state index is 14.1. The van der Waals surface area contributed by atoms with Crippen LogP contribution < -0.4 is 21.0 Å². The lowest BCUT2D eigenvalue weighted by molar-refractivity contribution is 0.0833. The number of benzene rings is 1. The Kier molecular flexibility index (Phi) is 9.05. The lowest BCUT2D eigenvalue weighted by atomic mass is 10.1. The number of oxime groups is 1. The molecule has 2 heterocycles. The molecule has 2 aromatic heterocycles. The molecule has 0 radical (unpaired) electrons. The van der Waals surface area contributed by atoms with Gasteiger partial charge in [-0.2, -0.15) is 4.68 Å². The molecule has 0 saturated carbocycles. The zero-order valence-corrected chi connectivity index (χ0v) is 22.0. The molecule has 9 nitrogen and oxygen atoms in total. The highest BCUT2D eigenvalue weighted by Crippen LogP contribution is 2.29. The molecule has 0 aliphatic rings. The van der Waals surface area contributed by atoms with Gasteiger partial charge in [-0.25, -0.2) is 9.18 Å². The van der Waals surface area contributed by atoms with Gasteiger partial charge >= 0.3 is 5.69 Å². The average Bonchev–Trinajstić information content (AvgIpc) is 3.35. The molecule has 0 aliphatic carbocycles. The molecule has 194 valence electrons. The molecule has 0 spiro atoms. The molecule has 11 heteroatoms. The van der Waals surface area contributed by atoms with E-state index in [0.29, 0.717) is 23.6 Å². The molecule has 1 atom stereocenters. The quantitative estimate of drug-likeness (QED) is 0.285. The van der Waals surface area contributed by atoms with Crippen molar-refractivity contribution in [3.05, 3.63) is 84.6 Å². The first-order valence-electron chi connectivity index (χ1n) is 11.3. The van der Waals surface area contributed by atoms with Crippen molar-refractivity contribution in [3.8, 4) is 5.75 Å². The second-order valence-corrected chi connectivity index (χ2v) is 9.46. The third-order valence-electron chi connectivity index (χ3n) is 5.42. The minimum Gasteiger partial charge on any atom is -0.496 e. The van der Waals surface area contributed by atoms with Crippen LogP contribution in [0.4, 0.5) is 4.39 Å². The number of aromatic nitrogens is 2. The SMILES string of the molecule is COc1ccc(F)cc1C(Cn1cc(/C(C)=N/OC(C)C)c(=O)n(N(C)Cc2cccs2)c1=O)OC. The zero-order valence-electron chi connectivity index (χ0n) is 21.2. The Balaban J connectivity index is 2.13. The molecule has 3 rings (SSSR count). The van der Waals surface area contributed by atoms with Crippen LogP contribution in [0.1, 0.15) is 42.9 Å². The molecule has 0 N–H and O–H groups in total. The van der Waals surface area contributed by atoms with Crippen LogP contribution in [-0.2, 0) is 22.7 Å². The third kappa shape index (κ3) is 6.21. The van der Waals surface area contributed by atoms with E-state index >= 15 is 0 Å². The van der Waals surface area contributed by atoms with E-state index in [2.05, 4.69) is 5.16 Å². The Labute approximate surface area is 212 Å². The number of thiophene rings is 1. The Morgan fingerprint density at radius 3 is 2.58 bits per heavy atom. The summed E-state index contributed by atoms with van der Waals surface area (Å²) in [5, 5.41) is 7.55. The highest BCUT2D eigenvalue weighted by atomic mass is 32.1. The summed E-state index contributed by atoms with van der Waals surface area (Å²) in [4.78, 5) is 33.3. The smallest absolute Gasteiger partial charge is 0.350 e. The predicted octanol–water partition coefficient (Wildman–Crippen LogP) is 3.52. The van der Waals surface area contributed by atoms with E-state index in [0.717, 1.165) is 9.55 Å². The van der Waals surface area contributed by atoms with Crippen molar-refractivity contribution in [1.29, 1.82) is 0 Å². The topological polar surface area (TPSA) is 87.3 Å². The van der Waals surface area contributed by atoms with Crippen molar-refractivity contribution >= 4 is 17.0 Å². The van der Waals surface area contributed by atoms with Gasteiger partial charge < -0.3 is 19.3 Å². The van der Waals surface area contributed by atoms with Crippen LogP contribution in [0.25, 0.3) is 0 Å². The van der Waals surface area contributed by atoms with Gasteiger partial charge in [0.2, 0.25) is 0 Å². The molecular weight excluding hydrogens is 487 g/mol. The second kappa shape index (κ2) is 12.0. The number of nitrogens with zero attached hydrogens (tertiary/aromatic N) is 4. The number of methoxy groups -OCH3 is 2. The fourth-order valence-corrected chi connectivity index (χ4v) is 4.39. The molecule has 3 aromatic rings. The lowest BCUT2D eigenvalue weighted by Gasteiger charge is -2.24. The first-order chi connectivity index (χ1) is 17.2. The van der Waals surface area contributed by atoms with Gasteiger partial charge in [-0.3, -0.25) is 9.36 Å². The number of hydrogen-bond donors (Lipinski definition) is 0. The number of hydrogen-bond acceptors (Lipinski definition) is 8. The average molecular weight is 519 g/mol. The van der Waals surface area contributed by atoms with Gasteiger partial charge in [0, 0.05) is 30.8 Å². The molecule has 0 bridgehead atoms. The lowest BCUT2D eigenvalue weighted by Crippen LogP contribution is -2.52. The Morgan fingerprint density at radius 1 is 1.22 bits per heavy atom. The van der Waals surface area contributed by atoms with Crippen molar-refractivity contribution in [1.82, 2.24) is 9.24 Å². The molecular formula is C25H31FN4O5S. The Hall–Kier alpha value is -3.44. The van der Waals surface area contributed by atoms with Crippen LogP contribution in [0.3, 0.4) is 0 Å². The van der Waals surface area contributed by atoms with Crippen LogP contribution in [0, 0.1) is 5.82 Å². The van der Waals surface area contributed by atoms with Gasteiger partial charge in [-0.15, -0.1) is 11.3 Å². The van der Waals surface area contributed by atoms with E-state index in [4.69, 9.17) is 14.3 Å². The van der Waals surface area contributed by atoms with Crippen molar-refractivity contribution in [2.24, 2.45) is 5.16 Å². The van der Waals surface area contributed by atoms with Gasteiger partial charge in [0.1, 0.15) is 23.8 Å². The second-order valence-electron chi connectivity index (χ2n) is 8.43. The molecule has 0 aliphatic heterocycles. The maximum atomic E-state index is 14.1. The van der Waals surface area contributed by atoms with Crippen LogP contribution in [0.15, 0.2) is 56.7 Å². The molecule has 0 saturated heterocycles. The number of halogens is 1. The van der Waals surface area contributed by atoms with Crippen LogP contribution >= 0.6 is 11.3 Å². The monoisotopic (exact) mass is 518 g/mol. The summed E-state index contributed by atoms with van der Waals surface area (Å²) >= 11 is 1.52. The van der Waals surface area contributed by atoms with Gasteiger partial charge in [-0.1, -0.05) is 11.2 Å². The summed E-state index contributed by atoms with van der Waals surface area (Å²) in [5.74, 6) is -0.0434. The molecule has 1 aromatic carbocycles. The number of rotatable bonds is 11. The summed E-state index contributed by atoms with van der Waals surface area (Å²) in [6.45, 7) is 5.62. The van der Waals surface area contributed by atoms with Crippen molar-refractivity contribution in [2.75, 3.05) is 26.3 Å². The van der Waals surface area contributed by atoms with E-state index in [1.165, 1.54) is 54.5 Å². The summed E-state index contributed by atoms with van der Waals surface area (Å²) in [6.07, 6.45) is 0.507. The minimum absolute atomic E-state index is 0.00636. The first-order valence-corrected chi connectivity index (χ1v) is 12.2. The van der Waals surface area contributed by atoms with Crippen molar-refractivity contribution in [3.63, 3.8) is 0 Å². The van der Waals surface area contributed by atoms with Crippen LogP contribution in [0.2, 0.25) is 0 Å². The highest BCUT2D eigenvalue weighted by Gasteiger charge is 2.22. The molecule has 0 amide bonds. The van der Waals surface area contributed by atoms with Gasteiger partial charge in [0.25, 0.3) is 5.56 Å². The van der Waals surface area contributed by atoms with E-state index in [1.54, 1.807) is 19.0 Å². The summed E-state index contributed by atoms with van der Waals surface area (Å²) in [6, 6.07) is 7.92. The highest BCUT2D eigenvalue weighted by molar-refractivity contribution is 7.09. The normalized spacial score (nSPS) is 12.6. The first kappa shape index (κ1) is 27.2. The van der Waals surface area contributed by atoms with Crippen LogP contribution in [0.5, 0.6) is 5.75 Å². The zero-order chi connectivity index (χ0) is 26.4. The summed E-state index contributed by atoms with van der Waals surface area (Å²) < 4.78 is 27.5. The molecule has 0 fully saturated rings. The van der Waals surface area contributed by atoms with E-state index in [-0.39, 0.29) is 18.2 Å². The largest absolute Gasteiger partial charge is 0.496 e. The summed E-state index contributed by atoms with van der Waals surface area (Å²) in [7, 11) is 4.60. The molecule has 36 heavy (non-hydrogen) atoms. The standard InChI is InChI=1S/C25H31FN4O5S/c1-16(2)35-27-17(3)21-14-29(15-23(34-6)20-12-18(26)9-10-22(20)33-5)25(32)30(24(21)31)28(4)13-19-8-7-11-36-19/h7-12,14,16,23H,13,15H2,1-6H3/b27-17+. The van der Waals surface area contributed by atoms with Crippen LogP contribution in [-0.4, -0.2) is 42.3 Å². The third-order valence-corrected chi connectivity index (χ3v) is 6.28. The van der Waals surface area contributed by atoms with Gasteiger partial charge in [0.05, 0.1) is 31.5 Å². The van der Waals surface area contributed by atoms with E-state index in [1.807, 2.05) is 31.4 Å². The fourth-order valence-electron chi connectivity index (χ4n) is 3.64. The van der Waals surface area contributed by atoms with Crippen molar-refractivity contribution in [2.45, 2.75) is 46.1 Å². The predicted molar refractivity (Wildman–Crippen MR) is 138 cm³/mol. The fraction of sp³-hybridized carbons (Fsp3) is 0.400. The van der Waals surface area contributed by atoms with E-state index in [9.17, 15) is 14.0 Å². The Bertz CT molecular complexity index is 1320. The minimum atomic E-state index is -0.737. The van der Waals surface area contributed by atoms with Gasteiger partial charge in [-0.05, 0) is 50.4 Å². The van der Waals surface area contributed by atoms with E-state index < -0.39 is 23.2 Å². The maximum Gasteiger partial charge on any atom is 0.350 e. The number of ether oxygens (including phenoxy) is 2.